The number of carbonyl (C=O) groups excluding carboxylic acids is 1. The first-order valence-corrected chi connectivity index (χ1v) is 6.45. The number of carbonyl (C=O) groups is 1. The SMILES string of the molecule is CCC(C)(C)C(=O)OC(C)CCC(F)(F)CC(F)(F)F. The summed E-state index contributed by atoms with van der Waals surface area (Å²) in [5.74, 6) is -4.37. The summed E-state index contributed by atoms with van der Waals surface area (Å²) in [4.78, 5) is 11.7. The summed E-state index contributed by atoms with van der Waals surface area (Å²) in [5, 5.41) is 0. The molecule has 0 aliphatic heterocycles. The average Bonchev–Trinajstić information content (AvgIpc) is 2.23. The number of halogens is 5. The lowest BCUT2D eigenvalue weighted by molar-refractivity contribution is -0.191. The van der Waals surface area contributed by atoms with E-state index >= 15 is 0 Å². The minimum Gasteiger partial charge on any atom is -0.462 e. The average molecular weight is 304 g/mol. The monoisotopic (exact) mass is 304 g/mol. The second kappa shape index (κ2) is 6.72. The second-order valence-corrected chi connectivity index (χ2v) is 5.64. The van der Waals surface area contributed by atoms with Crippen LogP contribution in [0.5, 0.6) is 0 Å². The van der Waals surface area contributed by atoms with Gasteiger partial charge in [-0.3, -0.25) is 4.79 Å². The van der Waals surface area contributed by atoms with Gasteiger partial charge in [0.2, 0.25) is 0 Å². The molecule has 7 heteroatoms. The van der Waals surface area contributed by atoms with Crippen LogP contribution in [0, 0.1) is 5.41 Å². The summed E-state index contributed by atoms with van der Waals surface area (Å²) < 4.78 is 66.9. The summed E-state index contributed by atoms with van der Waals surface area (Å²) in [7, 11) is 0. The summed E-state index contributed by atoms with van der Waals surface area (Å²) in [5.41, 5.74) is -0.733. The van der Waals surface area contributed by atoms with Gasteiger partial charge in [0.25, 0.3) is 5.92 Å². The van der Waals surface area contributed by atoms with Crippen molar-refractivity contribution in [1.82, 2.24) is 0 Å². The van der Waals surface area contributed by atoms with Crippen LogP contribution in [-0.2, 0) is 9.53 Å². The molecule has 0 radical (unpaired) electrons. The van der Waals surface area contributed by atoms with Crippen molar-refractivity contribution in [3.05, 3.63) is 0 Å². The molecule has 0 heterocycles. The molecule has 0 bridgehead atoms. The molecule has 1 unspecified atom stereocenters. The van der Waals surface area contributed by atoms with Crippen LogP contribution >= 0.6 is 0 Å². The smallest absolute Gasteiger partial charge is 0.394 e. The molecule has 0 fully saturated rings. The third-order valence-corrected chi connectivity index (χ3v) is 3.12. The van der Waals surface area contributed by atoms with Crippen LogP contribution in [0.4, 0.5) is 22.0 Å². The number of alkyl halides is 5. The highest BCUT2D eigenvalue weighted by Gasteiger charge is 2.43. The van der Waals surface area contributed by atoms with E-state index in [1.54, 1.807) is 20.8 Å². The Kier molecular flexibility index (Phi) is 6.42. The number of hydrogen-bond acceptors (Lipinski definition) is 2. The lowest BCUT2D eigenvalue weighted by Gasteiger charge is -2.25. The van der Waals surface area contributed by atoms with Gasteiger partial charge < -0.3 is 4.74 Å². The second-order valence-electron chi connectivity index (χ2n) is 5.64. The topological polar surface area (TPSA) is 26.3 Å². The Labute approximate surface area is 115 Å². The van der Waals surface area contributed by atoms with Crippen molar-refractivity contribution in [3.8, 4) is 0 Å². The van der Waals surface area contributed by atoms with Gasteiger partial charge in [0.05, 0.1) is 11.5 Å². The zero-order valence-electron chi connectivity index (χ0n) is 12.1. The Morgan fingerprint density at radius 3 is 2.05 bits per heavy atom. The minimum atomic E-state index is -4.91. The van der Waals surface area contributed by atoms with E-state index < -0.39 is 42.4 Å². The third kappa shape index (κ3) is 7.65. The van der Waals surface area contributed by atoms with E-state index in [0.717, 1.165) is 0 Å². The highest BCUT2D eigenvalue weighted by atomic mass is 19.4. The van der Waals surface area contributed by atoms with Crippen LogP contribution in [0.25, 0.3) is 0 Å². The molecule has 0 saturated carbocycles. The van der Waals surface area contributed by atoms with Crippen molar-refractivity contribution in [2.45, 2.75) is 71.6 Å². The maximum absolute atomic E-state index is 13.1. The maximum atomic E-state index is 13.1. The third-order valence-electron chi connectivity index (χ3n) is 3.12. The molecule has 0 aromatic heterocycles. The molecule has 1 atom stereocenters. The zero-order valence-corrected chi connectivity index (χ0v) is 12.1. The van der Waals surface area contributed by atoms with Crippen LogP contribution in [0.1, 0.15) is 53.4 Å². The van der Waals surface area contributed by atoms with Crippen LogP contribution in [0.3, 0.4) is 0 Å². The molecule has 0 aliphatic rings. The van der Waals surface area contributed by atoms with Crippen molar-refractivity contribution in [3.63, 3.8) is 0 Å². The quantitative estimate of drug-likeness (QED) is 0.502. The van der Waals surface area contributed by atoms with E-state index in [4.69, 9.17) is 4.74 Å². The zero-order chi connectivity index (χ0) is 16.2. The largest absolute Gasteiger partial charge is 0.462 e. The van der Waals surface area contributed by atoms with Gasteiger partial charge in [-0.15, -0.1) is 0 Å². The molecule has 0 amide bonds. The van der Waals surface area contributed by atoms with Crippen LogP contribution in [-0.4, -0.2) is 24.2 Å². The standard InChI is InChI=1S/C13H21F5O2/c1-5-11(3,4)10(19)20-9(2)6-7-12(14,15)8-13(16,17)18/h9H,5-8H2,1-4H3. The van der Waals surface area contributed by atoms with Crippen molar-refractivity contribution in [2.24, 2.45) is 5.41 Å². The fourth-order valence-electron chi connectivity index (χ4n) is 1.34. The number of hydrogen-bond donors (Lipinski definition) is 0. The molecule has 120 valence electrons. The van der Waals surface area contributed by atoms with Crippen molar-refractivity contribution < 1.29 is 31.5 Å². The van der Waals surface area contributed by atoms with E-state index in [1.807, 2.05) is 0 Å². The lowest BCUT2D eigenvalue weighted by Crippen LogP contribution is -2.31. The summed E-state index contributed by atoms with van der Waals surface area (Å²) in [6.45, 7) is 6.48. The predicted molar refractivity (Wildman–Crippen MR) is 64.5 cm³/mol. The summed E-state index contributed by atoms with van der Waals surface area (Å²) in [6.07, 6.45) is -8.66. The van der Waals surface area contributed by atoms with E-state index in [9.17, 15) is 26.7 Å². The first kappa shape index (κ1) is 19.1. The van der Waals surface area contributed by atoms with E-state index in [2.05, 4.69) is 0 Å². The van der Waals surface area contributed by atoms with Gasteiger partial charge >= 0.3 is 12.1 Å². The van der Waals surface area contributed by atoms with Crippen molar-refractivity contribution in [1.29, 1.82) is 0 Å². The number of esters is 1. The molecular formula is C13H21F5O2. The van der Waals surface area contributed by atoms with Gasteiger partial charge in [0.1, 0.15) is 6.42 Å². The molecule has 20 heavy (non-hydrogen) atoms. The predicted octanol–water partition coefficient (Wildman–Crippen LogP) is 4.72. The van der Waals surface area contributed by atoms with Crippen LogP contribution in [0.15, 0.2) is 0 Å². The highest BCUT2D eigenvalue weighted by molar-refractivity contribution is 5.75. The van der Waals surface area contributed by atoms with E-state index in [1.165, 1.54) is 6.92 Å². The van der Waals surface area contributed by atoms with E-state index in [0.29, 0.717) is 6.42 Å². The lowest BCUT2D eigenvalue weighted by atomic mass is 9.90. The molecule has 0 N–H and O–H groups in total. The van der Waals surface area contributed by atoms with Crippen molar-refractivity contribution in [2.75, 3.05) is 0 Å². The maximum Gasteiger partial charge on any atom is 0.394 e. The first-order chi connectivity index (χ1) is 8.79. The van der Waals surface area contributed by atoms with Crippen molar-refractivity contribution >= 4 is 5.97 Å². The Morgan fingerprint density at radius 2 is 1.65 bits per heavy atom. The normalized spacial score (nSPS) is 15.1. The van der Waals surface area contributed by atoms with Gasteiger partial charge in [-0.2, -0.15) is 13.2 Å². The van der Waals surface area contributed by atoms with Gasteiger partial charge in [-0.05, 0) is 33.6 Å². The molecule has 0 spiro atoms. The van der Waals surface area contributed by atoms with Gasteiger partial charge in [-0.1, -0.05) is 6.92 Å². The molecular weight excluding hydrogens is 283 g/mol. The molecule has 0 rings (SSSR count). The van der Waals surface area contributed by atoms with Crippen LogP contribution < -0.4 is 0 Å². The molecule has 0 aromatic carbocycles. The van der Waals surface area contributed by atoms with Gasteiger partial charge in [-0.25, -0.2) is 8.78 Å². The molecule has 0 aromatic rings. The van der Waals surface area contributed by atoms with Gasteiger partial charge in [0.15, 0.2) is 0 Å². The molecule has 0 saturated heterocycles. The Morgan fingerprint density at radius 1 is 1.15 bits per heavy atom. The Bertz CT molecular complexity index is 323. The van der Waals surface area contributed by atoms with Gasteiger partial charge in [0, 0.05) is 6.42 Å². The van der Waals surface area contributed by atoms with E-state index in [-0.39, 0.29) is 6.42 Å². The number of rotatable bonds is 7. The summed E-state index contributed by atoms with van der Waals surface area (Å²) in [6, 6.07) is 0. The molecule has 0 aliphatic carbocycles. The Balaban J connectivity index is 4.30. The highest BCUT2D eigenvalue weighted by Crippen LogP contribution is 2.35. The summed E-state index contributed by atoms with van der Waals surface area (Å²) >= 11 is 0. The number of ether oxygens (including phenoxy) is 1. The first-order valence-electron chi connectivity index (χ1n) is 6.45. The molecule has 2 nitrogen and oxygen atoms in total. The fraction of sp³-hybridized carbons (Fsp3) is 0.923. The minimum absolute atomic E-state index is 0.311. The Hall–Kier alpha value is -0.880. The fourth-order valence-corrected chi connectivity index (χ4v) is 1.34. The van der Waals surface area contributed by atoms with Crippen LogP contribution in [0.2, 0.25) is 0 Å².